The average Bonchev–Trinajstić information content (AvgIpc) is 3.24. The number of amides is 1. The van der Waals surface area contributed by atoms with Crippen LogP contribution in [-0.2, 0) is 6.54 Å². The minimum Gasteiger partial charge on any atom is -0.493 e. The second-order valence-corrected chi connectivity index (χ2v) is 6.35. The zero-order valence-electron chi connectivity index (χ0n) is 16.2. The molecule has 1 aromatic heterocycles. The fraction of sp³-hybridized carbons (Fsp3) is 0.273. The number of para-hydroxylation sites is 1. The molecule has 3 aromatic rings. The molecule has 0 atom stereocenters. The molecule has 28 heavy (non-hydrogen) atoms. The normalized spacial score (nSPS) is 10.5. The zero-order valence-corrected chi connectivity index (χ0v) is 16.2. The first-order valence-electron chi connectivity index (χ1n) is 9.40. The lowest BCUT2D eigenvalue weighted by molar-refractivity contribution is 0.0945. The number of hydrogen-bond acceptors (Lipinski definition) is 4. The van der Waals surface area contributed by atoms with E-state index in [9.17, 15) is 4.79 Å². The average molecular weight is 379 g/mol. The second kappa shape index (κ2) is 9.60. The smallest absolute Gasteiger partial charge is 0.272 e. The van der Waals surface area contributed by atoms with Crippen molar-refractivity contribution in [1.29, 1.82) is 0 Å². The Hall–Kier alpha value is -3.28. The molecular formula is C22H25N3O3. The fourth-order valence-electron chi connectivity index (χ4n) is 2.71. The molecule has 1 heterocycles. The third-order valence-electron chi connectivity index (χ3n) is 4.28. The Morgan fingerprint density at radius 3 is 2.68 bits per heavy atom. The summed E-state index contributed by atoms with van der Waals surface area (Å²) in [6, 6.07) is 17.1. The molecule has 0 radical (unpaired) electrons. The summed E-state index contributed by atoms with van der Waals surface area (Å²) in [4.78, 5) is 12.4. The molecule has 0 bridgehead atoms. The highest BCUT2D eigenvalue weighted by molar-refractivity contribution is 5.92. The van der Waals surface area contributed by atoms with Gasteiger partial charge in [-0.2, -0.15) is 5.10 Å². The van der Waals surface area contributed by atoms with Gasteiger partial charge in [-0.05, 0) is 42.3 Å². The molecule has 0 saturated carbocycles. The van der Waals surface area contributed by atoms with Crippen molar-refractivity contribution in [2.45, 2.75) is 26.3 Å². The van der Waals surface area contributed by atoms with E-state index in [0.717, 1.165) is 24.1 Å². The van der Waals surface area contributed by atoms with Crippen LogP contribution >= 0.6 is 0 Å². The van der Waals surface area contributed by atoms with E-state index in [0.29, 0.717) is 30.3 Å². The third kappa shape index (κ3) is 4.91. The van der Waals surface area contributed by atoms with E-state index in [1.54, 1.807) is 24.1 Å². The van der Waals surface area contributed by atoms with Crippen LogP contribution in [0.25, 0.3) is 5.69 Å². The SMILES string of the molecule is CCCCOc1ccc(CNC(=O)c2ccn(-c3ccccc3)n2)cc1OC. The van der Waals surface area contributed by atoms with Crippen molar-refractivity contribution in [3.05, 3.63) is 72.1 Å². The molecule has 146 valence electrons. The summed E-state index contributed by atoms with van der Waals surface area (Å²) in [5.74, 6) is 1.15. The van der Waals surface area contributed by atoms with Crippen molar-refractivity contribution in [3.63, 3.8) is 0 Å². The fourth-order valence-corrected chi connectivity index (χ4v) is 2.71. The molecule has 6 nitrogen and oxygen atoms in total. The minimum absolute atomic E-state index is 0.225. The summed E-state index contributed by atoms with van der Waals surface area (Å²) in [7, 11) is 1.61. The summed E-state index contributed by atoms with van der Waals surface area (Å²) in [5.41, 5.74) is 2.20. The van der Waals surface area contributed by atoms with Crippen LogP contribution in [0.3, 0.4) is 0 Å². The Kier molecular flexibility index (Phi) is 6.68. The monoisotopic (exact) mass is 379 g/mol. The number of carbonyl (C=O) groups is 1. The highest BCUT2D eigenvalue weighted by Gasteiger charge is 2.11. The van der Waals surface area contributed by atoms with Gasteiger partial charge in [0.2, 0.25) is 0 Å². The van der Waals surface area contributed by atoms with Crippen LogP contribution in [0.2, 0.25) is 0 Å². The van der Waals surface area contributed by atoms with Gasteiger partial charge in [-0.1, -0.05) is 37.6 Å². The molecule has 6 heteroatoms. The van der Waals surface area contributed by atoms with Crippen molar-refractivity contribution >= 4 is 5.91 Å². The first-order valence-corrected chi connectivity index (χ1v) is 9.40. The number of hydrogen-bond donors (Lipinski definition) is 1. The van der Waals surface area contributed by atoms with E-state index >= 15 is 0 Å². The topological polar surface area (TPSA) is 65.4 Å². The Bertz CT molecular complexity index is 906. The minimum atomic E-state index is -0.225. The number of methoxy groups -OCH3 is 1. The molecule has 1 N–H and O–H groups in total. The van der Waals surface area contributed by atoms with Crippen LogP contribution in [-0.4, -0.2) is 29.4 Å². The van der Waals surface area contributed by atoms with E-state index < -0.39 is 0 Å². The van der Waals surface area contributed by atoms with Gasteiger partial charge in [-0.3, -0.25) is 4.79 Å². The molecule has 3 rings (SSSR count). The van der Waals surface area contributed by atoms with Crippen molar-refractivity contribution in [3.8, 4) is 17.2 Å². The summed E-state index contributed by atoms with van der Waals surface area (Å²) in [6.45, 7) is 3.16. The Morgan fingerprint density at radius 2 is 1.93 bits per heavy atom. The molecule has 0 unspecified atom stereocenters. The second-order valence-electron chi connectivity index (χ2n) is 6.35. The maximum Gasteiger partial charge on any atom is 0.272 e. The molecule has 0 aliphatic rings. The predicted molar refractivity (Wildman–Crippen MR) is 108 cm³/mol. The van der Waals surface area contributed by atoms with E-state index in [-0.39, 0.29) is 5.91 Å². The van der Waals surface area contributed by atoms with Gasteiger partial charge < -0.3 is 14.8 Å². The van der Waals surface area contributed by atoms with Crippen LogP contribution in [0.1, 0.15) is 35.8 Å². The van der Waals surface area contributed by atoms with E-state index in [1.165, 1.54) is 0 Å². The summed E-state index contributed by atoms with van der Waals surface area (Å²) < 4.78 is 12.8. The van der Waals surface area contributed by atoms with Gasteiger partial charge in [0.15, 0.2) is 17.2 Å². The van der Waals surface area contributed by atoms with Crippen LogP contribution in [0.15, 0.2) is 60.8 Å². The van der Waals surface area contributed by atoms with Gasteiger partial charge in [0.25, 0.3) is 5.91 Å². The van der Waals surface area contributed by atoms with Gasteiger partial charge in [0, 0.05) is 12.7 Å². The highest BCUT2D eigenvalue weighted by Crippen LogP contribution is 2.28. The maximum atomic E-state index is 12.4. The number of nitrogens with one attached hydrogen (secondary N) is 1. The number of carbonyl (C=O) groups excluding carboxylic acids is 1. The number of ether oxygens (including phenoxy) is 2. The lowest BCUT2D eigenvalue weighted by Gasteiger charge is -2.12. The third-order valence-corrected chi connectivity index (χ3v) is 4.28. The van der Waals surface area contributed by atoms with Crippen molar-refractivity contribution in [1.82, 2.24) is 15.1 Å². The Labute approximate surface area is 165 Å². The zero-order chi connectivity index (χ0) is 19.8. The summed E-state index contributed by atoms with van der Waals surface area (Å²) in [5, 5.41) is 7.23. The number of aromatic nitrogens is 2. The molecule has 0 aliphatic carbocycles. The lowest BCUT2D eigenvalue weighted by atomic mass is 10.2. The number of benzene rings is 2. The predicted octanol–water partition coefficient (Wildman–Crippen LogP) is 3.99. The van der Waals surface area contributed by atoms with Gasteiger partial charge >= 0.3 is 0 Å². The van der Waals surface area contributed by atoms with Gasteiger partial charge in [0.1, 0.15) is 0 Å². The van der Waals surface area contributed by atoms with Gasteiger partial charge in [-0.25, -0.2) is 4.68 Å². The van der Waals surface area contributed by atoms with Crippen molar-refractivity contribution in [2.24, 2.45) is 0 Å². The first kappa shape index (κ1) is 19.5. The van der Waals surface area contributed by atoms with E-state index in [2.05, 4.69) is 17.3 Å². The molecule has 0 spiro atoms. The first-order chi connectivity index (χ1) is 13.7. The van der Waals surface area contributed by atoms with Crippen molar-refractivity contribution in [2.75, 3.05) is 13.7 Å². The standard InChI is InChI=1S/C22H25N3O3/c1-3-4-14-28-20-11-10-17(15-21(20)27-2)16-23-22(26)19-12-13-25(24-19)18-8-6-5-7-9-18/h5-13,15H,3-4,14,16H2,1-2H3,(H,23,26). The lowest BCUT2D eigenvalue weighted by Crippen LogP contribution is -2.23. The Morgan fingerprint density at radius 1 is 1.11 bits per heavy atom. The molecule has 1 amide bonds. The molecule has 0 saturated heterocycles. The number of nitrogens with zero attached hydrogens (tertiary/aromatic N) is 2. The van der Waals surface area contributed by atoms with E-state index in [4.69, 9.17) is 9.47 Å². The van der Waals surface area contributed by atoms with Crippen LogP contribution in [0, 0.1) is 0 Å². The van der Waals surface area contributed by atoms with Gasteiger partial charge in [0.05, 0.1) is 19.4 Å². The molecule has 2 aromatic carbocycles. The van der Waals surface area contributed by atoms with E-state index in [1.807, 2.05) is 48.5 Å². The maximum absolute atomic E-state index is 12.4. The van der Waals surface area contributed by atoms with Crippen LogP contribution in [0.4, 0.5) is 0 Å². The van der Waals surface area contributed by atoms with Crippen LogP contribution in [0.5, 0.6) is 11.5 Å². The van der Waals surface area contributed by atoms with Crippen molar-refractivity contribution < 1.29 is 14.3 Å². The molecular weight excluding hydrogens is 354 g/mol. The molecule has 0 fully saturated rings. The quantitative estimate of drug-likeness (QED) is 0.571. The number of rotatable bonds is 9. The van der Waals surface area contributed by atoms with Gasteiger partial charge in [-0.15, -0.1) is 0 Å². The highest BCUT2D eigenvalue weighted by atomic mass is 16.5. The summed E-state index contributed by atoms with van der Waals surface area (Å²) >= 11 is 0. The molecule has 0 aliphatic heterocycles. The number of unbranched alkanes of at least 4 members (excludes halogenated alkanes) is 1. The Balaban J connectivity index is 1.60. The summed E-state index contributed by atoms with van der Waals surface area (Å²) in [6.07, 6.45) is 3.85. The largest absolute Gasteiger partial charge is 0.493 e. The van der Waals surface area contributed by atoms with Crippen LogP contribution < -0.4 is 14.8 Å².